The van der Waals surface area contributed by atoms with E-state index in [4.69, 9.17) is 12.2 Å². The van der Waals surface area contributed by atoms with Crippen molar-refractivity contribution in [1.29, 1.82) is 0 Å². The van der Waals surface area contributed by atoms with Crippen molar-refractivity contribution in [2.45, 2.75) is 25.4 Å². The number of aliphatic hydroxyl groups is 1. The Morgan fingerprint density at radius 2 is 2.24 bits per heavy atom. The smallest absolute Gasteiger partial charge is 0.256 e. The van der Waals surface area contributed by atoms with Crippen molar-refractivity contribution in [3.05, 3.63) is 28.3 Å². The molecule has 0 spiro atoms. The number of hydrogen-bond donors (Lipinski definition) is 3. The lowest BCUT2D eigenvalue weighted by Crippen LogP contribution is -2.48. The lowest BCUT2D eigenvalue weighted by molar-refractivity contribution is -0.0106. The van der Waals surface area contributed by atoms with Gasteiger partial charge in [0.15, 0.2) is 4.77 Å². The Morgan fingerprint density at radius 3 is 2.95 bits per heavy atom. The van der Waals surface area contributed by atoms with E-state index in [0.29, 0.717) is 28.8 Å². The summed E-state index contributed by atoms with van der Waals surface area (Å²) in [6.07, 6.45) is 1.38. The number of aromatic amines is 2. The van der Waals surface area contributed by atoms with E-state index in [-0.39, 0.29) is 18.0 Å². The minimum absolute atomic E-state index is 0.232. The standard InChI is InChI=1S/C14H16FN3O2S/c1-14(20)3-2-4-18(7-14)12(19)9-5-8(15)6-10-11(9)17-13(21)16-10/h5-6,20H,2-4,7H2,1H3,(H2,16,17,21)/t14-/m0/s1. The Bertz CT molecular complexity index is 765. The summed E-state index contributed by atoms with van der Waals surface area (Å²) in [6, 6.07) is 2.50. The van der Waals surface area contributed by atoms with E-state index in [1.807, 2.05) is 0 Å². The third kappa shape index (κ3) is 2.71. The number of likely N-dealkylation sites (tertiary alicyclic amines) is 1. The van der Waals surface area contributed by atoms with Crippen LogP contribution in [0, 0.1) is 10.6 Å². The van der Waals surface area contributed by atoms with E-state index in [0.717, 1.165) is 6.42 Å². The molecule has 0 saturated carbocycles. The number of carbonyl (C=O) groups excluding carboxylic acids is 1. The number of benzene rings is 1. The van der Waals surface area contributed by atoms with Crippen molar-refractivity contribution in [2.24, 2.45) is 0 Å². The lowest BCUT2D eigenvalue weighted by Gasteiger charge is -2.36. The zero-order valence-corrected chi connectivity index (χ0v) is 12.4. The van der Waals surface area contributed by atoms with Crippen molar-refractivity contribution in [1.82, 2.24) is 14.9 Å². The van der Waals surface area contributed by atoms with Gasteiger partial charge in [-0.1, -0.05) is 0 Å². The predicted molar refractivity (Wildman–Crippen MR) is 79.2 cm³/mol. The van der Waals surface area contributed by atoms with Crippen LogP contribution in [0.1, 0.15) is 30.1 Å². The highest BCUT2D eigenvalue weighted by Crippen LogP contribution is 2.24. The number of nitrogens with one attached hydrogen (secondary N) is 2. The first-order chi connectivity index (χ1) is 9.85. The average Bonchev–Trinajstić information content (AvgIpc) is 2.75. The second-order valence-corrected chi connectivity index (χ2v) is 6.19. The Morgan fingerprint density at radius 1 is 1.48 bits per heavy atom. The molecule has 1 aliphatic rings. The first-order valence-corrected chi connectivity index (χ1v) is 7.20. The summed E-state index contributed by atoms with van der Waals surface area (Å²) in [5, 5.41) is 10.1. The molecular weight excluding hydrogens is 293 g/mol. The predicted octanol–water partition coefficient (Wildman–Crippen LogP) is 2.35. The molecule has 112 valence electrons. The number of β-amino-alcohol motifs (C(OH)–C–C–N with tert-alkyl or cyclic N) is 1. The Balaban J connectivity index is 2.03. The molecule has 1 amide bonds. The Hall–Kier alpha value is -1.73. The number of rotatable bonds is 1. The van der Waals surface area contributed by atoms with Crippen molar-refractivity contribution < 1.29 is 14.3 Å². The largest absolute Gasteiger partial charge is 0.388 e. The van der Waals surface area contributed by atoms with E-state index in [2.05, 4.69) is 9.97 Å². The normalized spacial score (nSPS) is 22.7. The third-order valence-electron chi connectivity index (χ3n) is 3.78. The maximum Gasteiger partial charge on any atom is 0.256 e. The summed E-state index contributed by atoms with van der Waals surface area (Å²) in [6.45, 7) is 2.50. The number of carbonyl (C=O) groups is 1. The van der Waals surface area contributed by atoms with Crippen molar-refractivity contribution >= 4 is 29.2 Å². The first kappa shape index (κ1) is 14.2. The minimum atomic E-state index is -0.897. The molecule has 1 aliphatic heterocycles. The Kier molecular flexibility index (Phi) is 3.33. The molecule has 2 heterocycles. The average molecular weight is 309 g/mol. The summed E-state index contributed by atoms with van der Waals surface area (Å²) >= 11 is 5.00. The van der Waals surface area contributed by atoms with E-state index >= 15 is 0 Å². The van der Waals surface area contributed by atoms with Crippen LogP contribution in [0.25, 0.3) is 11.0 Å². The van der Waals surface area contributed by atoms with Gasteiger partial charge >= 0.3 is 0 Å². The summed E-state index contributed by atoms with van der Waals surface area (Å²) in [5.41, 5.74) is 0.296. The molecule has 1 aromatic carbocycles. The van der Waals surface area contributed by atoms with Crippen LogP contribution in [0.4, 0.5) is 4.39 Å². The van der Waals surface area contributed by atoms with E-state index < -0.39 is 11.4 Å². The zero-order valence-electron chi connectivity index (χ0n) is 11.6. The van der Waals surface area contributed by atoms with E-state index in [9.17, 15) is 14.3 Å². The Labute approximate surface area is 125 Å². The molecule has 3 rings (SSSR count). The van der Waals surface area contributed by atoms with Gasteiger partial charge in [-0.05, 0) is 44.1 Å². The van der Waals surface area contributed by atoms with E-state index in [1.165, 1.54) is 12.1 Å². The summed E-state index contributed by atoms with van der Waals surface area (Å²) in [5.74, 6) is -0.801. The molecule has 0 radical (unpaired) electrons. The monoisotopic (exact) mass is 309 g/mol. The van der Waals surface area contributed by atoms with Crippen molar-refractivity contribution in [2.75, 3.05) is 13.1 Å². The highest BCUT2D eigenvalue weighted by molar-refractivity contribution is 7.71. The molecule has 5 nitrogen and oxygen atoms in total. The number of fused-ring (bicyclic) bond motifs is 1. The van der Waals surface area contributed by atoms with Crippen LogP contribution < -0.4 is 0 Å². The van der Waals surface area contributed by atoms with Crippen LogP contribution in [-0.2, 0) is 0 Å². The molecule has 1 saturated heterocycles. The number of amides is 1. The molecule has 3 N–H and O–H groups in total. The molecule has 1 atom stereocenters. The molecule has 2 aromatic rings. The third-order valence-corrected chi connectivity index (χ3v) is 3.99. The van der Waals surface area contributed by atoms with Crippen LogP contribution in [0.3, 0.4) is 0 Å². The number of H-pyrrole nitrogens is 2. The number of imidazole rings is 1. The van der Waals surface area contributed by atoms with Gasteiger partial charge in [0.05, 0.1) is 22.2 Å². The van der Waals surface area contributed by atoms with Gasteiger partial charge in [0.25, 0.3) is 5.91 Å². The van der Waals surface area contributed by atoms with Gasteiger partial charge in [-0.3, -0.25) is 4.79 Å². The minimum Gasteiger partial charge on any atom is -0.388 e. The maximum atomic E-state index is 13.7. The molecule has 0 unspecified atom stereocenters. The van der Waals surface area contributed by atoms with Gasteiger partial charge in [-0.25, -0.2) is 4.39 Å². The van der Waals surface area contributed by atoms with Gasteiger partial charge in [-0.15, -0.1) is 0 Å². The lowest BCUT2D eigenvalue weighted by atomic mass is 9.94. The SMILES string of the molecule is C[C@]1(O)CCCN(C(=O)c2cc(F)cc3[nH]c(=S)[nH]c23)C1. The van der Waals surface area contributed by atoms with Gasteiger partial charge < -0.3 is 20.0 Å². The maximum absolute atomic E-state index is 13.7. The fourth-order valence-corrected chi connectivity index (χ4v) is 3.05. The fraction of sp³-hybridized carbons (Fsp3) is 0.429. The van der Waals surface area contributed by atoms with Crippen molar-refractivity contribution in [3.8, 4) is 0 Å². The molecule has 7 heteroatoms. The fourth-order valence-electron chi connectivity index (χ4n) is 2.84. The second-order valence-electron chi connectivity index (χ2n) is 5.78. The summed E-state index contributed by atoms with van der Waals surface area (Å²) < 4.78 is 14.0. The molecular formula is C14H16FN3O2S. The highest BCUT2D eigenvalue weighted by atomic mass is 32.1. The van der Waals surface area contributed by atoms with Gasteiger partial charge in [0, 0.05) is 13.1 Å². The van der Waals surface area contributed by atoms with Crippen LogP contribution >= 0.6 is 12.2 Å². The number of piperidine rings is 1. The van der Waals surface area contributed by atoms with Gasteiger partial charge in [0.2, 0.25) is 0 Å². The van der Waals surface area contributed by atoms with Gasteiger partial charge in [0.1, 0.15) is 5.82 Å². The first-order valence-electron chi connectivity index (χ1n) is 6.79. The van der Waals surface area contributed by atoms with Gasteiger partial charge in [-0.2, -0.15) is 0 Å². The molecule has 0 aliphatic carbocycles. The molecule has 0 bridgehead atoms. The number of halogens is 1. The topological polar surface area (TPSA) is 72.1 Å². The number of aromatic nitrogens is 2. The number of hydrogen-bond acceptors (Lipinski definition) is 3. The van der Waals surface area contributed by atoms with Crippen LogP contribution in [0.15, 0.2) is 12.1 Å². The number of nitrogens with zero attached hydrogens (tertiary/aromatic N) is 1. The zero-order chi connectivity index (χ0) is 15.2. The van der Waals surface area contributed by atoms with Crippen LogP contribution in [0.2, 0.25) is 0 Å². The highest BCUT2D eigenvalue weighted by Gasteiger charge is 2.32. The molecule has 1 aromatic heterocycles. The van der Waals surface area contributed by atoms with E-state index in [1.54, 1.807) is 11.8 Å². The summed E-state index contributed by atoms with van der Waals surface area (Å²) in [7, 11) is 0. The van der Waals surface area contributed by atoms with Crippen LogP contribution in [-0.4, -0.2) is 44.6 Å². The molecule has 1 fully saturated rings. The second kappa shape index (κ2) is 4.92. The molecule has 21 heavy (non-hydrogen) atoms. The quantitative estimate of drug-likeness (QED) is 0.708. The summed E-state index contributed by atoms with van der Waals surface area (Å²) in [4.78, 5) is 19.9. The van der Waals surface area contributed by atoms with Crippen molar-refractivity contribution in [3.63, 3.8) is 0 Å². The van der Waals surface area contributed by atoms with Crippen LogP contribution in [0.5, 0.6) is 0 Å².